The highest BCUT2D eigenvalue weighted by Crippen LogP contribution is 2.15. The van der Waals surface area contributed by atoms with Gasteiger partial charge < -0.3 is 9.80 Å². The van der Waals surface area contributed by atoms with E-state index >= 15 is 0 Å². The SMILES string of the molecule is CCN(CCN(C)C)C1CCN(C=O)CC1. The highest BCUT2D eigenvalue weighted by Gasteiger charge is 2.22. The number of amides is 1. The zero-order valence-corrected chi connectivity index (χ0v) is 10.9. The third kappa shape index (κ3) is 4.10. The molecule has 0 aromatic heterocycles. The normalized spacial score (nSPS) is 18.4. The van der Waals surface area contributed by atoms with Crippen LogP contribution in [0.15, 0.2) is 0 Å². The first-order valence-electron chi connectivity index (χ1n) is 6.25. The number of carbonyl (C=O) groups excluding carboxylic acids is 1. The van der Waals surface area contributed by atoms with Crippen molar-refractivity contribution in [3.8, 4) is 0 Å². The van der Waals surface area contributed by atoms with E-state index < -0.39 is 0 Å². The number of hydrogen-bond donors (Lipinski definition) is 0. The van der Waals surface area contributed by atoms with Crippen LogP contribution < -0.4 is 0 Å². The van der Waals surface area contributed by atoms with Crippen molar-refractivity contribution in [2.24, 2.45) is 0 Å². The van der Waals surface area contributed by atoms with Gasteiger partial charge in [0.05, 0.1) is 0 Å². The Kier molecular flexibility index (Phi) is 5.77. The molecule has 0 unspecified atom stereocenters. The molecular formula is C12H25N3O. The highest BCUT2D eigenvalue weighted by atomic mass is 16.1. The molecular weight excluding hydrogens is 202 g/mol. The topological polar surface area (TPSA) is 26.8 Å². The van der Waals surface area contributed by atoms with Gasteiger partial charge in [-0.3, -0.25) is 9.69 Å². The highest BCUT2D eigenvalue weighted by molar-refractivity contribution is 5.47. The van der Waals surface area contributed by atoms with E-state index in [0.717, 1.165) is 52.0 Å². The van der Waals surface area contributed by atoms with Gasteiger partial charge in [-0.15, -0.1) is 0 Å². The zero-order chi connectivity index (χ0) is 12.0. The molecule has 1 fully saturated rings. The van der Waals surface area contributed by atoms with Gasteiger partial charge in [-0.1, -0.05) is 6.92 Å². The van der Waals surface area contributed by atoms with E-state index in [1.54, 1.807) is 0 Å². The summed E-state index contributed by atoms with van der Waals surface area (Å²) in [6, 6.07) is 0.668. The Morgan fingerprint density at radius 2 is 1.88 bits per heavy atom. The van der Waals surface area contributed by atoms with Gasteiger partial charge in [-0.25, -0.2) is 0 Å². The standard InChI is InChI=1S/C12H25N3O/c1-4-15(10-9-13(2)3)12-5-7-14(11-16)8-6-12/h11-12H,4-10H2,1-3H3. The zero-order valence-electron chi connectivity index (χ0n) is 10.9. The van der Waals surface area contributed by atoms with E-state index in [1.807, 2.05) is 4.90 Å². The van der Waals surface area contributed by atoms with E-state index in [1.165, 1.54) is 0 Å². The molecule has 0 bridgehead atoms. The van der Waals surface area contributed by atoms with Crippen LogP contribution in [-0.4, -0.2) is 74.0 Å². The number of nitrogens with zero attached hydrogens (tertiary/aromatic N) is 3. The predicted molar refractivity (Wildman–Crippen MR) is 66.5 cm³/mol. The number of likely N-dealkylation sites (N-methyl/N-ethyl adjacent to an activating group) is 2. The summed E-state index contributed by atoms with van der Waals surface area (Å²) in [4.78, 5) is 17.3. The Balaban J connectivity index is 2.33. The van der Waals surface area contributed by atoms with Crippen molar-refractivity contribution >= 4 is 6.41 Å². The molecule has 0 spiro atoms. The third-order valence-electron chi connectivity index (χ3n) is 3.41. The predicted octanol–water partition coefficient (Wildman–Crippen LogP) is 0.491. The van der Waals surface area contributed by atoms with Gasteiger partial charge in [-0.05, 0) is 33.5 Å². The van der Waals surface area contributed by atoms with Gasteiger partial charge in [0.1, 0.15) is 0 Å². The molecule has 0 aromatic rings. The maximum atomic E-state index is 10.6. The Labute approximate surface area is 99.2 Å². The average Bonchev–Trinajstić information content (AvgIpc) is 2.30. The smallest absolute Gasteiger partial charge is 0.209 e. The molecule has 0 saturated carbocycles. The van der Waals surface area contributed by atoms with Crippen LogP contribution in [0.25, 0.3) is 0 Å². The van der Waals surface area contributed by atoms with Crippen LogP contribution in [0.1, 0.15) is 19.8 Å². The first-order valence-corrected chi connectivity index (χ1v) is 6.25. The van der Waals surface area contributed by atoms with Crippen LogP contribution in [-0.2, 0) is 4.79 Å². The molecule has 0 radical (unpaired) electrons. The minimum atomic E-state index is 0.668. The summed E-state index contributed by atoms with van der Waals surface area (Å²) >= 11 is 0. The molecule has 94 valence electrons. The Morgan fingerprint density at radius 1 is 1.25 bits per heavy atom. The van der Waals surface area contributed by atoms with E-state index in [0.29, 0.717) is 6.04 Å². The maximum Gasteiger partial charge on any atom is 0.209 e. The van der Waals surface area contributed by atoms with Gasteiger partial charge in [0, 0.05) is 32.2 Å². The molecule has 1 aliphatic heterocycles. The molecule has 4 nitrogen and oxygen atoms in total. The van der Waals surface area contributed by atoms with E-state index in [-0.39, 0.29) is 0 Å². The molecule has 0 aliphatic carbocycles. The van der Waals surface area contributed by atoms with Crippen molar-refractivity contribution < 1.29 is 4.79 Å². The van der Waals surface area contributed by atoms with E-state index in [9.17, 15) is 4.79 Å². The van der Waals surface area contributed by atoms with Crippen molar-refractivity contribution in [1.29, 1.82) is 0 Å². The minimum Gasteiger partial charge on any atom is -0.345 e. The van der Waals surface area contributed by atoms with E-state index in [4.69, 9.17) is 0 Å². The average molecular weight is 227 g/mol. The fourth-order valence-corrected chi connectivity index (χ4v) is 2.28. The molecule has 0 atom stereocenters. The summed E-state index contributed by atoms with van der Waals surface area (Å²) < 4.78 is 0. The second-order valence-electron chi connectivity index (χ2n) is 4.80. The van der Waals surface area contributed by atoms with Crippen LogP contribution in [0.5, 0.6) is 0 Å². The second-order valence-corrected chi connectivity index (χ2v) is 4.80. The first-order chi connectivity index (χ1) is 7.67. The lowest BCUT2D eigenvalue weighted by Crippen LogP contribution is -2.46. The summed E-state index contributed by atoms with van der Waals surface area (Å²) in [5.41, 5.74) is 0. The lowest BCUT2D eigenvalue weighted by molar-refractivity contribution is -0.119. The lowest BCUT2D eigenvalue weighted by atomic mass is 10.0. The quantitative estimate of drug-likeness (QED) is 0.618. The van der Waals surface area contributed by atoms with Gasteiger partial charge in [-0.2, -0.15) is 0 Å². The van der Waals surface area contributed by atoms with Gasteiger partial charge in [0.25, 0.3) is 0 Å². The minimum absolute atomic E-state index is 0.668. The number of hydrogen-bond acceptors (Lipinski definition) is 3. The summed E-state index contributed by atoms with van der Waals surface area (Å²) in [5, 5.41) is 0. The molecule has 1 heterocycles. The van der Waals surface area contributed by atoms with Gasteiger partial charge >= 0.3 is 0 Å². The summed E-state index contributed by atoms with van der Waals surface area (Å²) in [6.45, 7) is 7.43. The monoisotopic (exact) mass is 227 g/mol. The van der Waals surface area contributed by atoms with Crippen molar-refractivity contribution in [2.45, 2.75) is 25.8 Å². The maximum absolute atomic E-state index is 10.6. The largest absolute Gasteiger partial charge is 0.345 e. The van der Waals surface area contributed by atoms with E-state index in [2.05, 4.69) is 30.8 Å². The Hall–Kier alpha value is -0.610. The van der Waals surface area contributed by atoms with Crippen LogP contribution in [0.2, 0.25) is 0 Å². The van der Waals surface area contributed by atoms with Gasteiger partial charge in [0.15, 0.2) is 0 Å². The molecule has 4 heteroatoms. The molecule has 0 aromatic carbocycles. The van der Waals surface area contributed by atoms with Crippen molar-refractivity contribution in [1.82, 2.24) is 14.7 Å². The lowest BCUT2D eigenvalue weighted by Gasteiger charge is -2.37. The molecule has 0 N–H and O–H groups in total. The van der Waals surface area contributed by atoms with Crippen molar-refractivity contribution in [3.05, 3.63) is 0 Å². The fraction of sp³-hybridized carbons (Fsp3) is 0.917. The summed E-state index contributed by atoms with van der Waals surface area (Å²) in [6.07, 6.45) is 3.23. The molecule has 1 saturated heterocycles. The number of likely N-dealkylation sites (tertiary alicyclic amines) is 1. The molecule has 1 rings (SSSR count). The third-order valence-corrected chi connectivity index (χ3v) is 3.41. The van der Waals surface area contributed by atoms with Crippen molar-refractivity contribution in [3.63, 3.8) is 0 Å². The first kappa shape index (κ1) is 13.5. The summed E-state index contributed by atoms with van der Waals surface area (Å²) in [5.74, 6) is 0. The van der Waals surface area contributed by atoms with Crippen LogP contribution in [0.3, 0.4) is 0 Å². The van der Waals surface area contributed by atoms with Crippen LogP contribution >= 0.6 is 0 Å². The molecule has 1 aliphatic rings. The van der Waals surface area contributed by atoms with Gasteiger partial charge in [0.2, 0.25) is 6.41 Å². The van der Waals surface area contributed by atoms with Crippen molar-refractivity contribution in [2.75, 3.05) is 46.8 Å². The Bertz CT molecular complexity index is 200. The Morgan fingerprint density at radius 3 is 2.31 bits per heavy atom. The second kappa shape index (κ2) is 6.86. The number of rotatable bonds is 6. The molecule has 1 amide bonds. The number of carbonyl (C=O) groups is 1. The fourth-order valence-electron chi connectivity index (χ4n) is 2.28. The number of piperidine rings is 1. The molecule has 16 heavy (non-hydrogen) atoms. The van der Waals surface area contributed by atoms with Crippen LogP contribution in [0.4, 0.5) is 0 Å². The van der Waals surface area contributed by atoms with Crippen LogP contribution in [0, 0.1) is 0 Å². The summed E-state index contributed by atoms with van der Waals surface area (Å²) in [7, 11) is 4.23.